The summed E-state index contributed by atoms with van der Waals surface area (Å²) in [5, 5.41) is 24.3. The lowest BCUT2D eigenvalue weighted by Crippen LogP contribution is -2.59. The number of ether oxygens (including phenoxy) is 2. The topological polar surface area (TPSA) is 125 Å². The van der Waals surface area contributed by atoms with E-state index in [0.717, 1.165) is 38.5 Å². The van der Waals surface area contributed by atoms with E-state index < -0.39 is 30.1 Å². The van der Waals surface area contributed by atoms with Gasteiger partial charge in [0.1, 0.15) is 18.5 Å². The normalized spacial score (nSPS) is 32.6. The number of benzene rings is 1. The molecule has 3 N–H and O–H groups in total. The molecular weight excluding hydrogens is 560 g/mol. The Bertz CT molecular complexity index is 1290. The van der Waals surface area contributed by atoms with E-state index in [0.29, 0.717) is 65.2 Å². The molecule has 0 radical (unpaired) electrons. The third kappa shape index (κ3) is 5.69. The number of fused-ring (bicyclic) bond motifs is 3. The lowest BCUT2D eigenvalue weighted by atomic mass is 9.49. The Morgan fingerprint density at radius 1 is 1.16 bits per heavy atom. The summed E-state index contributed by atoms with van der Waals surface area (Å²) in [7, 11) is 1.48. The van der Waals surface area contributed by atoms with Crippen LogP contribution in [-0.4, -0.2) is 78.3 Å². The second-order valence-corrected chi connectivity index (χ2v) is 13.9. The van der Waals surface area contributed by atoms with Gasteiger partial charge in [0.05, 0.1) is 25.7 Å². The van der Waals surface area contributed by atoms with Crippen molar-refractivity contribution in [1.29, 1.82) is 0 Å². The van der Waals surface area contributed by atoms with Gasteiger partial charge in [-0.05, 0) is 99.2 Å². The lowest BCUT2D eigenvalue weighted by molar-refractivity contribution is -0.145. The Hall–Kier alpha value is -3.17. The Labute approximate surface area is 259 Å². The summed E-state index contributed by atoms with van der Waals surface area (Å²) in [5.74, 6) is 1.75. The van der Waals surface area contributed by atoms with Crippen molar-refractivity contribution in [3.8, 4) is 11.5 Å². The molecule has 4 atom stereocenters. The Balaban J connectivity index is 1.39. The number of hydrogen-bond acceptors (Lipinski definition) is 7. The molecule has 7 rings (SSSR count). The average Bonchev–Trinajstić information content (AvgIpc) is 3.40. The van der Waals surface area contributed by atoms with Gasteiger partial charge in [0.2, 0.25) is 11.8 Å². The molecule has 1 aliphatic heterocycles. The van der Waals surface area contributed by atoms with Crippen molar-refractivity contribution >= 4 is 18.1 Å². The van der Waals surface area contributed by atoms with Crippen molar-refractivity contribution in [3.63, 3.8) is 0 Å². The van der Waals surface area contributed by atoms with Crippen LogP contribution in [0.3, 0.4) is 0 Å². The van der Waals surface area contributed by atoms with Crippen molar-refractivity contribution in [2.75, 3.05) is 26.8 Å². The van der Waals surface area contributed by atoms with Gasteiger partial charge in [-0.3, -0.25) is 14.4 Å². The van der Waals surface area contributed by atoms with E-state index in [-0.39, 0.29) is 24.5 Å². The van der Waals surface area contributed by atoms with E-state index in [4.69, 9.17) is 9.47 Å². The Morgan fingerprint density at radius 2 is 1.86 bits per heavy atom. The number of amides is 2. The summed E-state index contributed by atoms with van der Waals surface area (Å²) < 4.78 is 11.9. The van der Waals surface area contributed by atoms with Crippen LogP contribution >= 0.6 is 0 Å². The third-order valence-corrected chi connectivity index (χ3v) is 10.8. The molecule has 6 aliphatic rings. The maximum atomic E-state index is 14.1. The molecule has 1 heterocycles. The van der Waals surface area contributed by atoms with Crippen molar-refractivity contribution in [2.24, 2.45) is 23.2 Å². The predicted molar refractivity (Wildman–Crippen MR) is 164 cm³/mol. The molecule has 5 aliphatic carbocycles. The first-order valence-electron chi connectivity index (χ1n) is 16.3. The first kappa shape index (κ1) is 30.8. The van der Waals surface area contributed by atoms with Crippen LogP contribution < -0.4 is 14.8 Å². The maximum absolute atomic E-state index is 14.1. The molecule has 0 spiro atoms. The van der Waals surface area contributed by atoms with Crippen LogP contribution in [0.1, 0.15) is 86.0 Å². The second kappa shape index (κ2) is 12.7. The number of nitrogens with zero attached hydrogens (tertiary/aromatic N) is 1. The summed E-state index contributed by atoms with van der Waals surface area (Å²) in [5.41, 5.74) is 1.34. The molecule has 0 aromatic heterocycles. The minimum absolute atomic E-state index is 0.0185. The monoisotopic (exact) mass is 606 g/mol. The number of rotatable bonds is 13. The zero-order valence-corrected chi connectivity index (χ0v) is 25.7. The highest BCUT2D eigenvalue weighted by molar-refractivity contribution is 5.96. The molecule has 0 saturated heterocycles. The molecule has 4 saturated carbocycles. The fraction of sp³-hybridized carbons (Fsp3) is 0.629. The first-order valence-corrected chi connectivity index (χ1v) is 16.3. The van der Waals surface area contributed by atoms with E-state index in [1.807, 2.05) is 11.0 Å². The molecule has 4 bridgehead atoms. The Morgan fingerprint density at radius 3 is 2.48 bits per heavy atom. The van der Waals surface area contributed by atoms with Crippen molar-refractivity contribution in [3.05, 3.63) is 47.6 Å². The van der Waals surface area contributed by atoms with Crippen LogP contribution in [0.25, 0.3) is 0 Å². The highest BCUT2D eigenvalue weighted by Gasteiger charge is 2.55. The predicted octanol–water partition coefficient (Wildman–Crippen LogP) is 3.92. The number of aliphatic hydroxyl groups excluding tert-OH is 2. The number of unbranched alkanes of at least 4 members (excludes halogenated alkanes) is 2. The Kier molecular flexibility index (Phi) is 8.88. The number of carbonyl (C=O) groups is 3. The molecule has 1 aromatic rings. The summed E-state index contributed by atoms with van der Waals surface area (Å²) in [6.45, 7) is 4.20. The molecule has 238 valence electrons. The molecule has 44 heavy (non-hydrogen) atoms. The van der Waals surface area contributed by atoms with Gasteiger partial charge in [-0.1, -0.05) is 6.08 Å². The van der Waals surface area contributed by atoms with Crippen LogP contribution in [0.15, 0.2) is 36.4 Å². The highest BCUT2D eigenvalue weighted by Crippen LogP contribution is 2.60. The molecule has 9 heteroatoms. The average molecular weight is 607 g/mol. The maximum Gasteiger partial charge on any atom is 0.247 e. The van der Waals surface area contributed by atoms with Gasteiger partial charge in [0.15, 0.2) is 11.5 Å². The fourth-order valence-corrected chi connectivity index (χ4v) is 9.47. The number of carbonyl (C=O) groups excluding carboxylic acids is 3. The summed E-state index contributed by atoms with van der Waals surface area (Å²) in [6.07, 6.45) is 12.3. The van der Waals surface area contributed by atoms with Crippen LogP contribution in [-0.2, 0) is 9.59 Å². The SMILES string of the molecule is C=CCCCCC(=O)N(CC12CC3CC(CC(C3)C1)C2)C1C=C(C(=O)NCCO)C2c3cc(C=O)cc(OC)c3OC2C1O. The van der Waals surface area contributed by atoms with E-state index in [1.54, 1.807) is 18.2 Å². The number of aliphatic hydroxyl groups is 2. The number of aldehydes is 1. The van der Waals surface area contributed by atoms with Gasteiger partial charge in [0.25, 0.3) is 0 Å². The standard InChI is InChI=1S/C35H46N2O7/c1-3-4-5-6-7-29(40)37(20-35-16-21-10-22(17-35)12-23(11-21)18-35)27-15-26(34(42)36-8-9-38)30-25-13-24(19-39)14-28(43-2)32(25)44-33(30)31(27)41/h3,13-15,19,21-23,27,30-31,33,38,41H,1,4-12,16-18,20H2,2H3,(H,36,42). The first-order chi connectivity index (χ1) is 21.3. The molecule has 9 nitrogen and oxygen atoms in total. The van der Waals surface area contributed by atoms with Crippen molar-refractivity contribution < 1.29 is 34.1 Å². The van der Waals surface area contributed by atoms with Gasteiger partial charge in [-0.15, -0.1) is 6.58 Å². The van der Waals surface area contributed by atoms with E-state index in [2.05, 4.69) is 11.9 Å². The number of allylic oxidation sites excluding steroid dienone is 1. The smallest absolute Gasteiger partial charge is 0.247 e. The number of nitrogens with one attached hydrogen (secondary N) is 1. The van der Waals surface area contributed by atoms with E-state index in [1.165, 1.54) is 26.4 Å². The zero-order chi connectivity index (χ0) is 31.0. The van der Waals surface area contributed by atoms with Crippen LogP contribution in [0.4, 0.5) is 0 Å². The third-order valence-electron chi connectivity index (χ3n) is 10.8. The summed E-state index contributed by atoms with van der Waals surface area (Å²) in [6, 6.07) is 2.49. The van der Waals surface area contributed by atoms with Gasteiger partial charge in [-0.2, -0.15) is 0 Å². The minimum atomic E-state index is -1.11. The largest absolute Gasteiger partial charge is 0.493 e. The van der Waals surface area contributed by atoms with Gasteiger partial charge >= 0.3 is 0 Å². The highest BCUT2D eigenvalue weighted by atomic mass is 16.5. The summed E-state index contributed by atoms with van der Waals surface area (Å²) >= 11 is 0. The molecule has 4 unspecified atom stereocenters. The van der Waals surface area contributed by atoms with Gasteiger partial charge < -0.3 is 29.9 Å². The van der Waals surface area contributed by atoms with Gasteiger partial charge in [-0.25, -0.2) is 0 Å². The number of hydrogen-bond donors (Lipinski definition) is 3. The molecule has 2 amide bonds. The zero-order valence-electron chi connectivity index (χ0n) is 25.7. The van der Waals surface area contributed by atoms with Crippen molar-refractivity contribution in [1.82, 2.24) is 10.2 Å². The second-order valence-electron chi connectivity index (χ2n) is 13.9. The number of methoxy groups -OCH3 is 1. The minimum Gasteiger partial charge on any atom is -0.493 e. The molecule has 4 fully saturated rings. The molecule has 1 aromatic carbocycles. The van der Waals surface area contributed by atoms with Crippen LogP contribution in [0.5, 0.6) is 11.5 Å². The quantitative estimate of drug-likeness (QED) is 0.177. The summed E-state index contributed by atoms with van der Waals surface area (Å²) in [4.78, 5) is 41.5. The van der Waals surface area contributed by atoms with Gasteiger partial charge in [0, 0.05) is 36.2 Å². The van der Waals surface area contributed by atoms with Crippen LogP contribution in [0, 0.1) is 23.2 Å². The van der Waals surface area contributed by atoms with Crippen molar-refractivity contribution in [2.45, 2.75) is 88.4 Å². The van der Waals surface area contributed by atoms with E-state index >= 15 is 0 Å². The van der Waals surface area contributed by atoms with E-state index in [9.17, 15) is 24.6 Å². The van der Waals surface area contributed by atoms with Crippen LogP contribution in [0.2, 0.25) is 0 Å². The lowest BCUT2D eigenvalue weighted by Gasteiger charge is -2.58. The molecular formula is C35H46N2O7. The fourth-order valence-electron chi connectivity index (χ4n) is 9.47.